The highest BCUT2D eigenvalue weighted by molar-refractivity contribution is 6.32. The number of hydrogen-bond acceptors (Lipinski definition) is 5. The summed E-state index contributed by atoms with van der Waals surface area (Å²) in [6.45, 7) is 5.65. The highest BCUT2D eigenvalue weighted by atomic mass is 35.5. The van der Waals surface area contributed by atoms with Crippen LogP contribution in [-0.2, 0) is 4.79 Å². The number of rotatable bonds is 7. The Bertz CT molecular complexity index is 2230. The first-order valence-electron chi connectivity index (χ1n) is 17.8. The first kappa shape index (κ1) is 34.1. The summed E-state index contributed by atoms with van der Waals surface area (Å²) in [6.07, 6.45) is 8.73. The van der Waals surface area contributed by atoms with Crippen LogP contribution in [0, 0.1) is 11.8 Å². The molecule has 1 fully saturated rings. The zero-order valence-corrected chi connectivity index (χ0v) is 30.5. The fourth-order valence-corrected chi connectivity index (χ4v) is 8.37. The van der Waals surface area contributed by atoms with Crippen LogP contribution in [0.25, 0.3) is 22.2 Å². The van der Waals surface area contributed by atoms with Gasteiger partial charge in [-0.1, -0.05) is 78.7 Å². The number of carbonyl (C=O) groups is 2. The lowest BCUT2D eigenvalue weighted by Crippen LogP contribution is -2.40. The molecule has 10 heteroatoms. The number of piperidine rings is 1. The predicted octanol–water partition coefficient (Wildman–Crippen LogP) is 9.59. The number of fused-ring (bicyclic) bond motifs is 2. The Morgan fingerprint density at radius 1 is 1.02 bits per heavy atom. The van der Waals surface area contributed by atoms with Crippen LogP contribution in [0.1, 0.15) is 71.9 Å². The van der Waals surface area contributed by atoms with Gasteiger partial charge in [0.05, 0.1) is 18.3 Å². The van der Waals surface area contributed by atoms with Gasteiger partial charge in [0.15, 0.2) is 0 Å². The standard InChI is InChI=1S/C42H39Cl2N5O3/c1-25-9-7-20-49-39(29-14-16-30(43)17-15-29)32-21-31(44)22-34-36(32)37(40(49)35(25)28-11-4-3-5-12-28)38(46-34)41(51)47-33-13-6-18-45-42(33)52-24-27-10-8-19-48(23-27)26(2)50/h3-7,11-18,20-22,25,27,39,46H,8-10,19,23-24H2,1-2H3,(H,47,51). The van der Waals surface area contributed by atoms with E-state index in [0.717, 1.165) is 70.2 Å². The molecule has 0 saturated carbocycles. The highest BCUT2D eigenvalue weighted by Crippen LogP contribution is 2.53. The van der Waals surface area contributed by atoms with Crippen LogP contribution in [0.3, 0.4) is 0 Å². The van der Waals surface area contributed by atoms with Gasteiger partial charge in [-0.05, 0) is 83.8 Å². The molecule has 0 aliphatic carbocycles. The summed E-state index contributed by atoms with van der Waals surface area (Å²) in [5, 5.41) is 5.31. The van der Waals surface area contributed by atoms with Crippen LogP contribution in [0.15, 0.2) is 97.3 Å². The fourth-order valence-electron chi connectivity index (χ4n) is 8.02. The van der Waals surface area contributed by atoms with E-state index in [1.165, 1.54) is 0 Å². The van der Waals surface area contributed by atoms with E-state index in [4.69, 9.17) is 27.9 Å². The third-order valence-electron chi connectivity index (χ3n) is 10.4. The minimum Gasteiger partial charge on any atom is -0.476 e. The number of H-pyrrole nitrogens is 1. The van der Waals surface area contributed by atoms with Crippen LogP contribution in [0.4, 0.5) is 5.69 Å². The molecule has 5 aromatic rings. The van der Waals surface area contributed by atoms with Crippen molar-refractivity contribution in [2.45, 2.75) is 39.2 Å². The first-order valence-corrected chi connectivity index (χ1v) is 18.5. The van der Waals surface area contributed by atoms with E-state index < -0.39 is 0 Å². The molecule has 3 atom stereocenters. The predicted molar refractivity (Wildman–Crippen MR) is 207 cm³/mol. The number of pyridine rings is 1. The summed E-state index contributed by atoms with van der Waals surface area (Å²) < 4.78 is 6.24. The number of nitrogens with one attached hydrogen (secondary N) is 2. The van der Waals surface area contributed by atoms with E-state index >= 15 is 0 Å². The Labute approximate surface area is 313 Å². The molecule has 0 bridgehead atoms. The van der Waals surface area contributed by atoms with Gasteiger partial charge in [0, 0.05) is 64.8 Å². The van der Waals surface area contributed by atoms with Crippen LogP contribution in [0.5, 0.6) is 5.88 Å². The number of nitrogens with zero attached hydrogens (tertiary/aromatic N) is 3. The Morgan fingerprint density at radius 2 is 1.83 bits per heavy atom. The Balaban J connectivity index is 1.25. The van der Waals surface area contributed by atoms with E-state index in [-0.39, 0.29) is 29.7 Å². The number of aromatic amines is 1. The molecular weight excluding hydrogens is 693 g/mol. The van der Waals surface area contributed by atoms with Crippen molar-refractivity contribution in [3.05, 3.63) is 135 Å². The number of amides is 2. The van der Waals surface area contributed by atoms with Crippen molar-refractivity contribution in [1.29, 1.82) is 0 Å². The van der Waals surface area contributed by atoms with Gasteiger partial charge in [-0.15, -0.1) is 0 Å². The average Bonchev–Trinajstić information content (AvgIpc) is 3.44. The number of anilines is 1. The summed E-state index contributed by atoms with van der Waals surface area (Å²) in [5.74, 6) is 0.416. The van der Waals surface area contributed by atoms with Crippen LogP contribution < -0.4 is 10.1 Å². The van der Waals surface area contributed by atoms with Gasteiger partial charge in [-0.2, -0.15) is 0 Å². The summed E-state index contributed by atoms with van der Waals surface area (Å²) in [4.78, 5) is 38.8. The van der Waals surface area contributed by atoms with Crippen molar-refractivity contribution in [2.75, 3.05) is 25.0 Å². The topological polar surface area (TPSA) is 90.6 Å². The summed E-state index contributed by atoms with van der Waals surface area (Å²) >= 11 is 13.2. The SMILES string of the molecule is CC(=O)N1CCCC(COc2ncccc2NC(=O)c2[nH]c3cc(Cl)cc4c3c2C2=C(c3ccccc3)C(C)CC=CN2C4c2ccc(Cl)cc2)C1. The fraction of sp³-hybridized carbons (Fsp3) is 0.262. The second kappa shape index (κ2) is 14.2. The largest absolute Gasteiger partial charge is 0.476 e. The average molecular weight is 733 g/mol. The maximum atomic E-state index is 14.7. The molecule has 3 aliphatic heterocycles. The van der Waals surface area contributed by atoms with Crippen molar-refractivity contribution in [3.63, 3.8) is 0 Å². The smallest absolute Gasteiger partial charge is 0.272 e. The van der Waals surface area contributed by atoms with E-state index in [1.807, 2.05) is 35.2 Å². The van der Waals surface area contributed by atoms with Gasteiger partial charge < -0.3 is 24.8 Å². The van der Waals surface area contributed by atoms with Crippen LogP contribution in [-0.4, -0.2) is 51.3 Å². The second-order valence-corrected chi connectivity index (χ2v) is 14.8. The Morgan fingerprint density at radius 3 is 2.62 bits per heavy atom. The lowest BCUT2D eigenvalue weighted by atomic mass is 9.82. The van der Waals surface area contributed by atoms with Crippen molar-refractivity contribution in [2.24, 2.45) is 11.8 Å². The maximum absolute atomic E-state index is 14.7. The maximum Gasteiger partial charge on any atom is 0.272 e. The monoisotopic (exact) mass is 731 g/mol. The molecule has 1 saturated heterocycles. The third-order valence-corrected chi connectivity index (χ3v) is 10.9. The van der Waals surface area contributed by atoms with E-state index in [0.29, 0.717) is 40.5 Å². The number of halogens is 2. The molecule has 0 spiro atoms. The Kier molecular flexibility index (Phi) is 9.28. The molecule has 3 aromatic carbocycles. The van der Waals surface area contributed by atoms with Gasteiger partial charge in [0.2, 0.25) is 11.8 Å². The van der Waals surface area contributed by atoms with Crippen molar-refractivity contribution in [1.82, 2.24) is 19.8 Å². The third kappa shape index (κ3) is 6.35. The Hall–Kier alpha value is -5.05. The molecule has 8 nitrogen and oxygen atoms in total. The van der Waals surface area contributed by atoms with Gasteiger partial charge in [-0.3, -0.25) is 9.59 Å². The quantitative estimate of drug-likeness (QED) is 0.174. The number of hydrogen-bond donors (Lipinski definition) is 2. The molecule has 2 N–H and O–H groups in total. The minimum absolute atomic E-state index is 0.0735. The van der Waals surface area contributed by atoms with Crippen molar-refractivity contribution < 1.29 is 14.3 Å². The molecule has 5 heterocycles. The normalized spacial score (nSPS) is 19.7. The molecule has 264 valence electrons. The molecule has 0 radical (unpaired) electrons. The highest BCUT2D eigenvalue weighted by Gasteiger charge is 2.40. The van der Waals surface area contributed by atoms with E-state index in [2.05, 4.69) is 75.8 Å². The molecular formula is C42H39Cl2N5O3. The summed E-state index contributed by atoms with van der Waals surface area (Å²) in [6, 6.07) is 25.6. The summed E-state index contributed by atoms with van der Waals surface area (Å²) in [7, 11) is 0. The number of carbonyl (C=O) groups excluding carboxylic acids is 2. The van der Waals surface area contributed by atoms with Crippen LogP contribution >= 0.6 is 23.2 Å². The number of likely N-dealkylation sites (tertiary alicyclic amines) is 1. The molecule has 3 unspecified atom stereocenters. The number of allylic oxidation sites excluding steroid dienone is 2. The number of ether oxygens (including phenoxy) is 1. The van der Waals surface area contributed by atoms with E-state index in [9.17, 15) is 9.59 Å². The lowest BCUT2D eigenvalue weighted by molar-refractivity contribution is -0.130. The lowest BCUT2D eigenvalue weighted by Gasteiger charge is -2.39. The summed E-state index contributed by atoms with van der Waals surface area (Å²) in [5.41, 5.74) is 7.74. The molecule has 52 heavy (non-hydrogen) atoms. The van der Waals surface area contributed by atoms with Crippen molar-refractivity contribution >= 4 is 62.9 Å². The van der Waals surface area contributed by atoms with Gasteiger partial charge in [0.25, 0.3) is 5.91 Å². The molecule has 2 aromatic heterocycles. The van der Waals surface area contributed by atoms with Crippen molar-refractivity contribution in [3.8, 4) is 5.88 Å². The molecule has 3 aliphatic rings. The second-order valence-electron chi connectivity index (χ2n) is 13.9. The van der Waals surface area contributed by atoms with Gasteiger partial charge in [0.1, 0.15) is 11.4 Å². The molecule has 8 rings (SSSR count). The van der Waals surface area contributed by atoms with Gasteiger partial charge >= 0.3 is 0 Å². The number of aromatic nitrogens is 2. The van der Waals surface area contributed by atoms with Gasteiger partial charge in [-0.25, -0.2) is 4.98 Å². The minimum atomic E-state index is -0.322. The van der Waals surface area contributed by atoms with E-state index in [1.54, 1.807) is 25.3 Å². The zero-order valence-electron chi connectivity index (χ0n) is 29.0. The van der Waals surface area contributed by atoms with Crippen LogP contribution in [0.2, 0.25) is 10.0 Å². The zero-order chi connectivity index (χ0) is 35.9. The first-order chi connectivity index (χ1) is 25.3. The number of benzene rings is 3. The molecule has 2 amide bonds.